The molecule has 0 bridgehead atoms. The van der Waals surface area contributed by atoms with Crippen molar-refractivity contribution in [1.29, 1.82) is 0 Å². The average Bonchev–Trinajstić information content (AvgIpc) is 3.80. The minimum atomic E-state index is -1.00. The number of tetrazole rings is 1. The quantitative estimate of drug-likeness (QED) is 0.300. The zero-order valence-electron chi connectivity index (χ0n) is 22.2. The van der Waals surface area contributed by atoms with Gasteiger partial charge >= 0.3 is 6.09 Å². The molecule has 2 N–H and O–H groups in total. The number of carbonyl (C=O) groups is 1. The van der Waals surface area contributed by atoms with Crippen molar-refractivity contribution in [3.63, 3.8) is 0 Å². The van der Waals surface area contributed by atoms with E-state index in [4.69, 9.17) is 16.3 Å². The monoisotopic (exact) mass is 584 g/mol. The van der Waals surface area contributed by atoms with Gasteiger partial charge in [0.15, 0.2) is 0 Å². The molecule has 1 unspecified atom stereocenters. The molecular weight excluding hydrogens is 560 g/mol. The van der Waals surface area contributed by atoms with Gasteiger partial charge in [0.2, 0.25) is 0 Å². The molecule has 7 rings (SSSR count). The first-order valence-electron chi connectivity index (χ1n) is 13.5. The zero-order valence-corrected chi connectivity index (χ0v) is 23.0. The van der Waals surface area contributed by atoms with Gasteiger partial charge < -0.3 is 19.4 Å². The van der Waals surface area contributed by atoms with Crippen LogP contribution >= 0.6 is 11.6 Å². The lowest BCUT2D eigenvalue weighted by Gasteiger charge is -2.25. The van der Waals surface area contributed by atoms with E-state index in [2.05, 4.69) is 25.5 Å². The lowest BCUT2D eigenvalue weighted by atomic mass is 10.0. The average molecular weight is 585 g/mol. The Balaban J connectivity index is 1.16. The van der Waals surface area contributed by atoms with Crippen LogP contribution in [-0.4, -0.2) is 65.2 Å². The second-order valence-electron chi connectivity index (χ2n) is 10.3. The van der Waals surface area contributed by atoms with Crippen LogP contribution in [0.4, 0.5) is 10.5 Å². The van der Waals surface area contributed by atoms with Gasteiger partial charge in [0, 0.05) is 34.6 Å². The number of H-pyrrole nitrogens is 1. The molecule has 0 aliphatic carbocycles. The molecule has 0 radical (unpaired) electrons. The minimum absolute atomic E-state index is 0.139. The molecule has 1 fully saturated rings. The number of anilines is 1. The summed E-state index contributed by atoms with van der Waals surface area (Å²) < 4.78 is 8.71. The van der Waals surface area contributed by atoms with Crippen molar-refractivity contribution in [3.8, 4) is 28.1 Å². The number of imidazole rings is 1. The van der Waals surface area contributed by atoms with Crippen molar-refractivity contribution in [3.05, 3.63) is 94.0 Å². The molecule has 212 valence electrons. The summed E-state index contributed by atoms with van der Waals surface area (Å²) >= 11 is 6.32. The molecule has 42 heavy (non-hydrogen) atoms. The van der Waals surface area contributed by atoms with E-state index < -0.39 is 6.09 Å². The highest BCUT2D eigenvalue weighted by Gasteiger charge is 2.30. The number of rotatable bonds is 6. The second-order valence-corrected chi connectivity index (χ2v) is 10.7. The molecule has 12 nitrogen and oxygen atoms in total. The maximum absolute atomic E-state index is 13.5. The molecule has 13 heteroatoms. The highest BCUT2D eigenvalue weighted by molar-refractivity contribution is 6.31. The fourth-order valence-electron chi connectivity index (χ4n) is 5.88. The molecule has 1 saturated heterocycles. The lowest BCUT2D eigenvalue weighted by Crippen LogP contribution is -2.39. The van der Waals surface area contributed by atoms with Gasteiger partial charge in [0.25, 0.3) is 5.56 Å². The largest absolute Gasteiger partial charge is 0.465 e. The summed E-state index contributed by atoms with van der Waals surface area (Å²) in [6.45, 7) is 0.946. The van der Waals surface area contributed by atoms with E-state index in [0.717, 1.165) is 34.5 Å². The Morgan fingerprint density at radius 3 is 2.69 bits per heavy atom. The van der Waals surface area contributed by atoms with Crippen LogP contribution in [0.5, 0.6) is 0 Å². The number of pyridine rings is 1. The number of ether oxygens (including phenoxy) is 1. The van der Waals surface area contributed by atoms with E-state index in [0.29, 0.717) is 48.3 Å². The van der Waals surface area contributed by atoms with Gasteiger partial charge in [0.05, 0.1) is 36.3 Å². The normalized spacial score (nSPS) is 17.8. The molecule has 5 aromatic rings. The number of hydrogen-bond acceptors (Lipinski definition) is 7. The van der Waals surface area contributed by atoms with Gasteiger partial charge in [-0.3, -0.25) is 9.69 Å². The summed E-state index contributed by atoms with van der Waals surface area (Å²) in [6.07, 6.45) is 4.33. The van der Waals surface area contributed by atoms with Gasteiger partial charge in [-0.05, 0) is 77.2 Å². The number of halogens is 1. The summed E-state index contributed by atoms with van der Waals surface area (Å²) in [5.74, 6) is 0.690. The Bertz CT molecular complexity index is 1830. The van der Waals surface area contributed by atoms with Crippen LogP contribution < -0.4 is 10.5 Å². The second kappa shape index (κ2) is 10.5. The molecule has 2 aromatic carbocycles. The fourth-order valence-corrected chi connectivity index (χ4v) is 6.05. The van der Waals surface area contributed by atoms with E-state index in [-0.39, 0.29) is 17.6 Å². The Morgan fingerprint density at radius 2 is 1.95 bits per heavy atom. The predicted molar refractivity (Wildman–Crippen MR) is 154 cm³/mol. The third kappa shape index (κ3) is 4.64. The number of carboxylic acid groups (broad SMARTS) is 1. The summed E-state index contributed by atoms with van der Waals surface area (Å²) in [5, 5.41) is 21.8. The molecular formula is C29H25ClN8O4. The third-order valence-corrected chi connectivity index (χ3v) is 8.08. The topological polar surface area (TPSA) is 144 Å². The smallest absolute Gasteiger partial charge is 0.412 e. The summed E-state index contributed by atoms with van der Waals surface area (Å²) in [7, 11) is 0. The zero-order chi connectivity index (χ0) is 28.8. The fraction of sp³-hybridized carbons (Fsp3) is 0.241. The number of fused-ring (bicyclic) bond motifs is 1. The molecule has 2 aliphatic heterocycles. The number of nitrogens with zero attached hydrogens (tertiary/aromatic N) is 7. The van der Waals surface area contributed by atoms with Crippen LogP contribution in [0.1, 0.15) is 30.4 Å². The van der Waals surface area contributed by atoms with Crippen molar-refractivity contribution in [2.24, 2.45) is 0 Å². The van der Waals surface area contributed by atoms with Gasteiger partial charge in [0.1, 0.15) is 12.2 Å². The summed E-state index contributed by atoms with van der Waals surface area (Å²) in [5.41, 5.74) is 5.21. The number of hydrogen-bond donors (Lipinski definition) is 2. The van der Waals surface area contributed by atoms with Crippen LogP contribution in [0.2, 0.25) is 5.02 Å². The number of aromatic amines is 1. The van der Waals surface area contributed by atoms with Crippen LogP contribution in [0.15, 0.2) is 71.9 Å². The molecule has 3 aromatic heterocycles. The molecule has 2 atom stereocenters. The van der Waals surface area contributed by atoms with Crippen LogP contribution in [-0.2, 0) is 11.2 Å². The van der Waals surface area contributed by atoms with Gasteiger partial charge in [-0.15, -0.1) is 5.10 Å². The van der Waals surface area contributed by atoms with E-state index in [1.165, 1.54) is 11.2 Å². The number of amides is 1. The first-order chi connectivity index (χ1) is 20.5. The van der Waals surface area contributed by atoms with Crippen LogP contribution in [0.3, 0.4) is 0 Å². The maximum atomic E-state index is 13.5. The van der Waals surface area contributed by atoms with Crippen molar-refractivity contribution in [1.82, 2.24) is 34.7 Å². The van der Waals surface area contributed by atoms with E-state index in [1.54, 1.807) is 45.8 Å². The molecule has 0 spiro atoms. The molecule has 0 saturated carbocycles. The van der Waals surface area contributed by atoms with E-state index in [9.17, 15) is 14.7 Å². The van der Waals surface area contributed by atoms with Crippen molar-refractivity contribution in [2.75, 3.05) is 18.1 Å². The Labute approximate surface area is 244 Å². The number of aryl methyl sites for hydroxylation is 1. The molecule has 1 amide bonds. The molecule has 5 heterocycles. The summed E-state index contributed by atoms with van der Waals surface area (Å²) in [4.78, 5) is 34.8. The molecule has 2 aliphatic rings. The minimum Gasteiger partial charge on any atom is -0.465 e. The third-order valence-electron chi connectivity index (χ3n) is 7.84. The Morgan fingerprint density at radius 1 is 1.10 bits per heavy atom. The standard InChI is InChI=1S/C29H25ClN8O4/c30-19-3-7-25(36-16-32-34-35-36)23(13-19)18-11-21-6-8-26(38(21)27(39)12-18)28-31-14-24(33-28)17-1-4-20(5-2-17)37(29(40)41)22-9-10-42-15-22/h1-5,7,11-14,16,22,26H,6,8-10,15H2,(H,31,33)(H,40,41)/t22?,26-/m0/s1. The Kier molecular flexibility index (Phi) is 6.56. The van der Waals surface area contributed by atoms with Crippen molar-refractivity contribution in [2.45, 2.75) is 31.3 Å². The van der Waals surface area contributed by atoms with E-state index in [1.807, 2.05) is 24.3 Å². The lowest BCUT2D eigenvalue weighted by molar-refractivity contribution is 0.183. The maximum Gasteiger partial charge on any atom is 0.412 e. The SMILES string of the molecule is O=C(O)N(c1ccc(-c2cnc([C@@H]3CCc4cc(-c5cc(Cl)ccc5-n5cnnn5)cc(=O)n43)[nH]2)cc1)C1CCOC1. The first-order valence-corrected chi connectivity index (χ1v) is 13.9. The Hall–Kier alpha value is -4.81. The predicted octanol–water partition coefficient (Wildman–Crippen LogP) is 4.34. The van der Waals surface area contributed by atoms with Crippen LogP contribution in [0, 0.1) is 0 Å². The highest BCUT2D eigenvalue weighted by atomic mass is 35.5. The van der Waals surface area contributed by atoms with Crippen LogP contribution in [0.25, 0.3) is 28.1 Å². The van der Waals surface area contributed by atoms with E-state index >= 15 is 0 Å². The van der Waals surface area contributed by atoms with Gasteiger partial charge in [-0.25, -0.2) is 9.78 Å². The van der Waals surface area contributed by atoms with Gasteiger partial charge in [-0.1, -0.05) is 23.7 Å². The number of aromatic nitrogens is 7. The van der Waals surface area contributed by atoms with Crippen molar-refractivity contribution < 1.29 is 14.6 Å². The van der Waals surface area contributed by atoms with Gasteiger partial charge in [-0.2, -0.15) is 4.68 Å². The number of benzene rings is 2. The summed E-state index contributed by atoms with van der Waals surface area (Å²) in [6, 6.07) is 15.9. The number of nitrogens with one attached hydrogen (secondary N) is 1. The van der Waals surface area contributed by atoms with Crippen molar-refractivity contribution >= 4 is 23.4 Å². The highest BCUT2D eigenvalue weighted by Crippen LogP contribution is 2.35. The first kappa shape index (κ1) is 26.1.